The Morgan fingerprint density at radius 3 is 2.40 bits per heavy atom. The van der Waals surface area contributed by atoms with Crippen molar-refractivity contribution in [2.45, 2.75) is 32.7 Å². The quantitative estimate of drug-likeness (QED) is 0.0694. The van der Waals surface area contributed by atoms with E-state index < -0.39 is 23.7 Å². The number of aryl methyl sites for hydroxylation is 1. The molecule has 2 heterocycles. The number of unbranched alkanes of at least 4 members (excludes halogenated alkanes) is 1. The molecule has 1 atom stereocenters. The van der Waals surface area contributed by atoms with Crippen molar-refractivity contribution in [3.8, 4) is 17.2 Å². The molecule has 5 rings (SSSR count). The maximum Gasteiger partial charge on any atom is 0.350 e. The number of nitrogens with zero attached hydrogens (tertiary/aromatic N) is 2. The van der Waals surface area contributed by atoms with Crippen molar-refractivity contribution in [2.75, 3.05) is 18.6 Å². The second-order valence-electron chi connectivity index (χ2n) is 9.79. The van der Waals surface area contributed by atoms with E-state index in [1.807, 2.05) is 18.2 Å². The maximum absolute atomic E-state index is 13.6. The van der Waals surface area contributed by atoms with Crippen molar-refractivity contribution < 1.29 is 33.7 Å². The summed E-state index contributed by atoms with van der Waals surface area (Å²) in [5.41, 5.74) is 1.08. The van der Waals surface area contributed by atoms with E-state index in [0.29, 0.717) is 40.7 Å². The Morgan fingerprint density at radius 2 is 1.70 bits per heavy atom. The summed E-state index contributed by atoms with van der Waals surface area (Å²) in [6.45, 7) is 4.26. The molecule has 0 bridgehead atoms. The summed E-state index contributed by atoms with van der Waals surface area (Å²) in [4.78, 5) is 45.4. The number of thiazole rings is 1. The summed E-state index contributed by atoms with van der Waals surface area (Å²) >= 11 is 0.937. The monoisotopic (exact) mass is 598 g/mol. The highest BCUT2D eigenvalue weighted by atomic mass is 32.1. The van der Waals surface area contributed by atoms with Crippen molar-refractivity contribution >= 4 is 39.9 Å². The van der Waals surface area contributed by atoms with Crippen LogP contribution in [0.25, 0.3) is 5.76 Å². The fourth-order valence-electron chi connectivity index (χ4n) is 4.68. The zero-order chi connectivity index (χ0) is 30.5. The number of methoxy groups -OCH3 is 1. The van der Waals surface area contributed by atoms with Crippen molar-refractivity contribution in [3.05, 3.63) is 106 Å². The van der Waals surface area contributed by atoms with E-state index in [4.69, 9.17) is 14.2 Å². The Labute approximate surface area is 253 Å². The van der Waals surface area contributed by atoms with Crippen LogP contribution in [0.1, 0.15) is 52.3 Å². The second-order valence-corrected chi connectivity index (χ2v) is 10.8. The number of ether oxygens (including phenoxy) is 3. The van der Waals surface area contributed by atoms with Gasteiger partial charge in [0, 0.05) is 5.56 Å². The molecule has 220 valence electrons. The average Bonchev–Trinajstić information content (AvgIpc) is 3.53. The van der Waals surface area contributed by atoms with Gasteiger partial charge in [0.1, 0.15) is 27.9 Å². The summed E-state index contributed by atoms with van der Waals surface area (Å²) in [7, 11) is 1.26. The van der Waals surface area contributed by atoms with Crippen LogP contribution in [0.4, 0.5) is 5.13 Å². The van der Waals surface area contributed by atoms with Crippen LogP contribution in [0.2, 0.25) is 0 Å². The smallest absolute Gasteiger partial charge is 0.350 e. The van der Waals surface area contributed by atoms with Gasteiger partial charge in [0.25, 0.3) is 5.78 Å². The summed E-state index contributed by atoms with van der Waals surface area (Å²) in [5.74, 6) is -1.02. The molecule has 1 aliphatic heterocycles. The second kappa shape index (κ2) is 12.9. The van der Waals surface area contributed by atoms with Crippen LogP contribution in [0.5, 0.6) is 17.2 Å². The van der Waals surface area contributed by atoms with Crippen molar-refractivity contribution in [1.82, 2.24) is 4.98 Å². The molecule has 1 saturated heterocycles. The van der Waals surface area contributed by atoms with E-state index in [9.17, 15) is 19.5 Å². The predicted octanol–water partition coefficient (Wildman–Crippen LogP) is 6.84. The van der Waals surface area contributed by atoms with Gasteiger partial charge in [-0.1, -0.05) is 55.0 Å². The lowest BCUT2D eigenvalue weighted by molar-refractivity contribution is -0.132. The van der Waals surface area contributed by atoms with Gasteiger partial charge in [-0.2, -0.15) is 0 Å². The molecule has 10 heteroatoms. The lowest BCUT2D eigenvalue weighted by Gasteiger charge is -2.23. The summed E-state index contributed by atoms with van der Waals surface area (Å²) < 4.78 is 16.6. The molecule has 0 aliphatic carbocycles. The number of aromatic nitrogens is 1. The van der Waals surface area contributed by atoms with Crippen LogP contribution in [0.3, 0.4) is 0 Å². The van der Waals surface area contributed by atoms with Gasteiger partial charge in [-0.3, -0.25) is 14.5 Å². The average molecular weight is 599 g/mol. The third-order valence-corrected chi connectivity index (χ3v) is 7.99. The van der Waals surface area contributed by atoms with Crippen molar-refractivity contribution in [1.29, 1.82) is 0 Å². The molecular weight excluding hydrogens is 568 g/mol. The number of para-hydroxylation sites is 1. The fraction of sp³-hybridized carbons (Fsp3) is 0.212. The van der Waals surface area contributed by atoms with Gasteiger partial charge in [0.2, 0.25) is 0 Å². The molecule has 1 unspecified atom stereocenters. The molecule has 0 radical (unpaired) electrons. The number of carbonyl (C=O) groups excluding carboxylic acids is 3. The first kappa shape index (κ1) is 29.5. The Bertz CT molecular complexity index is 1680. The molecule has 1 aromatic heterocycles. The van der Waals surface area contributed by atoms with E-state index in [2.05, 4.69) is 11.9 Å². The third-order valence-electron chi connectivity index (χ3n) is 6.85. The number of hydrogen-bond acceptors (Lipinski definition) is 9. The third kappa shape index (κ3) is 6.14. The van der Waals surface area contributed by atoms with Gasteiger partial charge in [-0.15, -0.1) is 0 Å². The van der Waals surface area contributed by atoms with Gasteiger partial charge in [0.15, 0.2) is 5.13 Å². The van der Waals surface area contributed by atoms with Gasteiger partial charge >= 0.3 is 11.9 Å². The SMILES string of the molecule is CCCCOc1ccc(/C(O)=C2\C(=O)C(=O)N(c3nc(C)c(C(=O)OC)s3)C2c2cccc(Oc3ccccc3)c2)cc1. The minimum Gasteiger partial charge on any atom is -0.507 e. The van der Waals surface area contributed by atoms with Crippen LogP contribution in [-0.4, -0.2) is 41.5 Å². The van der Waals surface area contributed by atoms with E-state index in [-0.39, 0.29) is 21.3 Å². The van der Waals surface area contributed by atoms with Gasteiger partial charge in [0.05, 0.1) is 31.0 Å². The van der Waals surface area contributed by atoms with Gasteiger partial charge in [-0.25, -0.2) is 9.78 Å². The number of amides is 1. The molecule has 1 fully saturated rings. The Balaban J connectivity index is 1.61. The standard InChI is InChI=1S/C33H30N2O7S/c1-4-5-18-41-23-16-14-21(15-17-23)28(36)26-27(22-10-9-13-25(19-22)42-24-11-7-6-8-12-24)35(31(38)29(26)37)33-34-20(2)30(43-33)32(39)40-3/h6-17,19,27,36H,4-5,18H2,1-3H3/b28-26+. The number of carbonyl (C=O) groups is 3. The lowest BCUT2D eigenvalue weighted by Crippen LogP contribution is -2.29. The number of aliphatic hydroxyl groups excluding tert-OH is 1. The number of anilines is 1. The van der Waals surface area contributed by atoms with E-state index in [1.54, 1.807) is 67.6 Å². The van der Waals surface area contributed by atoms with E-state index in [1.165, 1.54) is 12.0 Å². The molecule has 43 heavy (non-hydrogen) atoms. The van der Waals surface area contributed by atoms with Crippen LogP contribution >= 0.6 is 11.3 Å². The zero-order valence-electron chi connectivity index (χ0n) is 23.9. The van der Waals surface area contributed by atoms with Crippen LogP contribution < -0.4 is 14.4 Å². The lowest BCUT2D eigenvalue weighted by atomic mass is 9.95. The maximum atomic E-state index is 13.6. The molecule has 9 nitrogen and oxygen atoms in total. The number of ketones is 1. The van der Waals surface area contributed by atoms with Crippen molar-refractivity contribution in [3.63, 3.8) is 0 Å². The first-order valence-electron chi connectivity index (χ1n) is 13.7. The van der Waals surface area contributed by atoms with E-state index >= 15 is 0 Å². The molecule has 0 spiro atoms. The Kier molecular flexibility index (Phi) is 8.87. The van der Waals surface area contributed by atoms with Crippen LogP contribution in [-0.2, 0) is 14.3 Å². The number of rotatable bonds is 10. The normalized spacial score (nSPS) is 15.9. The summed E-state index contributed by atoms with van der Waals surface area (Å²) in [6.07, 6.45) is 1.91. The fourth-order valence-corrected chi connectivity index (χ4v) is 5.70. The molecule has 1 aliphatic rings. The topological polar surface area (TPSA) is 115 Å². The van der Waals surface area contributed by atoms with E-state index in [0.717, 1.165) is 24.2 Å². The first-order chi connectivity index (χ1) is 20.8. The molecule has 3 aromatic carbocycles. The minimum absolute atomic E-state index is 0.117. The Hall–Kier alpha value is -4.96. The highest BCUT2D eigenvalue weighted by Gasteiger charge is 2.48. The molecule has 1 amide bonds. The predicted molar refractivity (Wildman–Crippen MR) is 163 cm³/mol. The highest BCUT2D eigenvalue weighted by molar-refractivity contribution is 7.17. The van der Waals surface area contributed by atoms with Gasteiger partial charge in [-0.05, 0) is 67.4 Å². The molecular formula is C33H30N2O7S. The number of benzene rings is 3. The first-order valence-corrected chi connectivity index (χ1v) is 14.6. The number of Topliss-reactive ketones (excluding diaryl/α,β-unsaturated/α-hetero) is 1. The van der Waals surface area contributed by atoms with Crippen molar-refractivity contribution in [2.24, 2.45) is 0 Å². The molecule has 0 saturated carbocycles. The van der Waals surface area contributed by atoms with Crippen LogP contribution in [0.15, 0.2) is 84.4 Å². The summed E-state index contributed by atoms with van der Waals surface area (Å²) in [6, 6.07) is 21.7. The van der Waals surface area contributed by atoms with Gasteiger partial charge < -0.3 is 19.3 Å². The highest BCUT2D eigenvalue weighted by Crippen LogP contribution is 2.44. The summed E-state index contributed by atoms with van der Waals surface area (Å²) in [5, 5.41) is 11.6. The minimum atomic E-state index is -1.06. The number of esters is 1. The number of aliphatic hydroxyl groups is 1. The molecule has 1 N–H and O–H groups in total. The molecule has 4 aromatic rings. The number of hydrogen-bond donors (Lipinski definition) is 1. The van der Waals surface area contributed by atoms with Crippen LogP contribution in [0, 0.1) is 6.92 Å². The largest absolute Gasteiger partial charge is 0.507 e. The zero-order valence-corrected chi connectivity index (χ0v) is 24.7. The Morgan fingerprint density at radius 1 is 0.977 bits per heavy atom.